The predicted octanol–water partition coefficient (Wildman–Crippen LogP) is 3.24. The maximum absolute atomic E-state index is 12.8. The molecule has 0 saturated carbocycles. The quantitative estimate of drug-likeness (QED) is 0.726. The van der Waals surface area contributed by atoms with Crippen molar-refractivity contribution >= 4 is 17.4 Å². The molecule has 0 fully saturated rings. The molecule has 4 rings (SSSR count). The summed E-state index contributed by atoms with van der Waals surface area (Å²) in [5.74, 6) is 2.20. The van der Waals surface area contributed by atoms with E-state index in [1.807, 2.05) is 18.2 Å². The lowest BCUT2D eigenvalue weighted by Gasteiger charge is -2.11. The van der Waals surface area contributed by atoms with Gasteiger partial charge < -0.3 is 19.5 Å². The van der Waals surface area contributed by atoms with E-state index in [1.54, 1.807) is 30.6 Å². The maximum atomic E-state index is 12.8. The second-order valence-electron chi connectivity index (χ2n) is 5.81. The van der Waals surface area contributed by atoms with Crippen LogP contribution in [-0.4, -0.2) is 23.5 Å². The molecule has 2 aromatic carbocycles. The Morgan fingerprint density at radius 1 is 1.22 bits per heavy atom. The summed E-state index contributed by atoms with van der Waals surface area (Å²) in [6, 6.07) is 10.8. The van der Waals surface area contributed by atoms with E-state index in [2.05, 4.69) is 10.3 Å². The van der Waals surface area contributed by atoms with Gasteiger partial charge in [-0.1, -0.05) is 17.7 Å². The largest absolute Gasteiger partial charge is 0.495 e. The van der Waals surface area contributed by atoms with Gasteiger partial charge in [-0.25, -0.2) is 4.98 Å². The summed E-state index contributed by atoms with van der Waals surface area (Å²) < 4.78 is 17.3. The summed E-state index contributed by atoms with van der Waals surface area (Å²) in [7, 11) is 1.54. The van der Waals surface area contributed by atoms with Gasteiger partial charge in [0.25, 0.3) is 5.56 Å². The SMILES string of the molecule is COc1ccc(-n2ccnc(NCc3ccc4c(c3)OCO4)c2=O)cc1Cl. The van der Waals surface area contributed by atoms with Crippen LogP contribution in [0.3, 0.4) is 0 Å². The zero-order chi connectivity index (χ0) is 18.8. The summed E-state index contributed by atoms with van der Waals surface area (Å²) in [6.45, 7) is 0.647. The molecule has 0 bridgehead atoms. The maximum Gasteiger partial charge on any atom is 0.297 e. The van der Waals surface area contributed by atoms with Gasteiger partial charge >= 0.3 is 0 Å². The Hall–Kier alpha value is -3.19. The van der Waals surface area contributed by atoms with Crippen molar-refractivity contribution in [2.45, 2.75) is 6.54 Å². The molecular formula is C19H16ClN3O4. The van der Waals surface area contributed by atoms with Crippen LogP contribution in [0.5, 0.6) is 17.2 Å². The normalized spacial score (nSPS) is 12.1. The lowest BCUT2D eigenvalue weighted by atomic mass is 10.2. The van der Waals surface area contributed by atoms with Crippen LogP contribution < -0.4 is 25.1 Å². The number of hydrogen-bond acceptors (Lipinski definition) is 6. The Morgan fingerprint density at radius 3 is 2.89 bits per heavy atom. The standard InChI is InChI=1S/C19H16ClN3O4/c1-25-15-5-3-13(9-14(15)20)23-7-6-21-18(19(23)24)22-10-12-2-4-16-17(8-12)27-11-26-16/h2-9H,10-11H2,1H3,(H,21,22). The van der Waals surface area contributed by atoms with E-state index < -0.39 is 0 Å². The molecule has 0 atom stereocenters. The molecule has 2 heterocycles. The number of nitrogens with one attached hydrogen (secondary N) is 1. The van der Waals surface area contributed by atoms with Gasteiger partial charge in [0.15, 0.2) is 17.3 Å². The number of anilines is 1. The molecule has 7 nitrogen and oxygen atoms in total. The molecule has 138 valence electrons. The number of halogens is 1. The van der Waals surface area contributed by atoms with Crippen LogP contribution in [0.4, 0.5) is 5.82 Å². The van der Waals surface area contributed by atoms with Crippen LogP contribution in [0.15, 0.2) is 53.6 Å². The van der Waals surface area contributed by atoms with Crippen molar-refractivity contribution in [1.82, 2.24) is 9.55 Å². The Labute approximate surface area is 160 Å². The molecule has 0 saturated heterocycles. The summed E-state index contributed by atoms with van der Waals surface area (Å²) in [5.41, 5.74) is 1.29. The summed E-state index contributed by atoms with van der Waals surface area (Å²) in [6.07, 6.45) is 3.15. The summed E-state index contributed by atoms with van der Waals surface area (Å²) in [4.78, 5) is 16.9. The van der Waals surface area contributed by atoms with Crippen LogP contribution in [0.2, 0.25) is 5.02 Å². The van der Waals surface area contributed by atoms with E-state index in [1.165, 1.54) is 11.7 Å². The third-order valence-electron chi connectivity index (χ3n) is 4.15. The summed E-state index contributed by atoms with van der Waals surface area (Å²) >= 11 is 6.17. The van der Waals surface area contributed by atoms with Gasteiger partial charge in [-0.3, -0.25) is 9.36 Å². The fourth-order valence-electron chi connectivity index (χ4n) is 2.78. The monoisotopic (exact) mass is 385 g/mol. The number of benzene rings is 2. The van der Waals surface area contributed by atoms with Crippen molar-refractivity contribution in [1.29, 1.82) is 0 Å². The Kier molecular flexibility index (Phi) is 4.60. The highest BCUT2D eigenvalue weighted by Crippen LogP contribution is 2.32. The van der Waals surface area contributed by atoms with Crippen LogP contribution in [0.25, 0.3) is 5.69 Å². The van der Waals surface area contributed by atoms with Crippen molar-refractivity contribution in [2.75, 3.05) is 19.2 Å². The molecule has 0 spiro atoms. The van der Waals surface area contributed by atoms with Gasteiger partial charge in [-0.15, -0.1) is 0 Å². The Morgan fingerprint density at radius 2 is 2.07 bits per heavy atom. The number of aromatic nitrogens is 2. The Bertz CT molecular complexity index is 1050. The van der Waals surface area contributed by atoms with Gasteiger partial charge in [0, 0.05) is 18.9 Å². The van der Waals surface area contributed by atoms with Gasteiger partial charge in [-0.05, 0) is 35.9 Å². The second-order valence-corrected chi connectivity index (χ2v) is 6.22. The van der Waals surface area contributed by atoms with Crippen LogP contribution in [0.1, 0.15) is 5.56 Å². The minimum absolute atomic E-state index is 0.224. The number of hydrogen-bond donors (Lipinski definition) is 1. The first-order valence-electron chi connectivity index (χ1n) is 8.19. The lowest BCUT2D eigenvalue weighted by Crippen LogP contribution is -2.23. The molecule has 1 aromatic heterocycles. The number of ether oxygens (including phenoxy) is 3. The van der Waals surface area contributed by atoms with Crippen LogP contribution in [0, 0.1) is 0 Å². The van der Waals surface area contributed by atoms with E-state index in [0.29, 0.717) is 28.8 Å². The van der Waals surface area contributed by atoms with E-state index in [9.17, 15) is 4.79 Å². The molecule has 3 aromatic rings. The van der Waals surface area contributed by atoms with Gasteiger partial charge in [0.2, 0.25) is 6.79 Å². The van der Waals surface area contributed by atoms with E-state index >= 15 is 0 Å². The van der Waals surface area contributed by atoms with Gasteiger partial charge in [-0.2, -0.15) is 0 Å². The van der Waals surface area contributed by atoms with Gasteiger partial charge in [0.05, 0.1) is 17.8 Å². The lowest BCUT2D eigenvalue weighted by molar-refractivity contribution is 0.174. The number of rotatable bonds is 5. The zero-order valence-corrected chi connectivity index (χ0v) is 15.2. The predicted molar refractivity (Wildman–Crippen MR) is 101 cm³/mol. The number of methoxy groups -OCH3 is 1. The van der Waals surface area contributed by atoms with Crippen molar-refractivity contribution < 1.29 is 14.2 Å². The van der Waals surface area contributed by atoms with Crippen LogP contribution >= 0.6 is 11.6 Å². The Balaban J connectivity index is 1.57. The molecule has 1 aliphatic heterocycles. The average molecular weight is 386 g/mol. The first kappa shape index (κ1) is 17.2. The highest BCUT2D eigenvalue weighted by Gasteiger charge is 2.14. The molecule has 0 aliphatic carbocycles. The molecule has 0 amide bonds. The minimum atomic E-state index is -0.278. The number of nitrogens with zero attached hydrogens (tertiary/aromatic N) is 2. The van der Waals surface area contributed by atoms with E-state index in [4.69, 9.17) is 25.8 Å². The van der Waals surface area contributed by atoms with Crippen molar-refractivity contribution in [3.63, 3.8) is 0 Å². The molecular weight excluding hydrogens is 370 g/mol. The molecule has 0 radical (unpaired) electrons. The molecule has 27 heavy (non-hydrogen) atoms. The third kappa shape index (κ3) is 3.41. The van der Waals surface area contributed by atoms with E-state index in [-0.39, 0.29) is 18.2 Å². The topological polar surface area (TPSA) is 74.6 Å². The first-order valence-corrected chi connectivity index (χ1v) is 8.57. The average Bonchev–Trinajstić information content (AvgIpc) is 3.15. The highest BCUT2D eigenvalue weighted by molar-refractivity contribution is 6.32. The highest BCUT2D eigenvalue weighted by atomic mass is 35.5. The van der Waals surface area contributed by atoms with Crippen molar-refractivity contribution in [3.05, 3.63) is 69.7 Å². The molecule has 8 heteroatoms. The van der Waals surface area contributed by atoms with E-state index in [0.717, 1.165) is 11.3 Å². The third-order valence-corrected chi connectivity index (χ3v) is 4.45. The smallest absolute Gasteiger partial charge is 0.297 e. The first-order chi connectivity index (χ1) is 13.2. The summed E-state index contributed by atoms with van der Waals surface area (Å²) in [5, 5.41) is 3.49. The van der Waals surface area contributed by atoms with Gasteiger partial charge in [0.1, 0.15) is 5.75 Å². The fourth-order valence-corrected chi connectivity index (χ4v) is 3.03. The van der Waals surface area contributed by atoms with Crippen LogP contribution in [-0.2, 0) is 6.54 Å². The second kappa shape index (κ2) is 7.20. The fraction of sp³-hybridized carbons (Fsp3) is 0.158. The molecule has 1 N–H and O–H groups in total. The number of fused-ring (bicyclic) bond motifs is 1. The van der Waals surface area contributed by atoms with Crippen molar-refractivity contribution in [2.24, 2.45) is 0 Å². The zero-order valence-electron chi connectivity index (χ0n) is 14.4. The minimum Gasteiger partial charge on any atom is -0.495 e. The molecule has 0 unspecified atom stereocenters. The molecule has 1 aliphatic rings. The van der Waals surface area contributed by atoms with Crippen molar-refractivity contribution in [3.8, 4) is 22.9 Å².